The van der Waals surface area contributed by atoms with Gasteiger partial charge in [0.15, 0.2) is 0 Å². The van der Waals surface area contributed by atoms with Crippen LogP contribution in [0.1, 0.15) is 26.5 Å². The molecule has 2 N–H and O–H groups in total. The number of carboxylic acid groups (broad SMARTS) is 1. The third kappa shape index (κ3) is 4.22. The van der Waals surface area contributed by atoms with Crippen molar-refractivity contribution >= 4 is 34.0 Å². The molecule has 2 heterocycles. The molecule has 2 aromatic heterocycles. The Morgan fingerprint density at radius 3 is 2.77 bits per heavy atom. The van der Waals surface area contributed by atoms with Crippen LogP contribution < -0.4 is 5.43 Å². The van der Waals surface area contributed by atoms with Crippen molar-refractivity contribution in [3.63, 3.8) is 0 Å². The van der Waals surface area contributed by atoms with Gasteiger partial charge >= 0.3 is 5.97 Å². The van der Waals surface area contributed by atoms with Gasteiger partial charge in [0, 0.05) is 22.4 Å². The zero-order valence-corrected chi connectivity index (χ0v) is 14.8. The lowest BCUT2D eigenvalue weighted by Gasteiger charge is -1.99. The normalized spacial score (nSPS) is 10.8. The van der Waals surface area contributed by atoms with E-state index >= 15 is 0 Å². The minimum atomic E-state index is -1.01. The Kier molecular flexibility index (Phi) is 5.23. The summed E-state index contributed by atoms with van der Waals surface area (Å²) in [5, 5.41) is 12.9. The fourth-order valence-corrected chi connectivity index (χ4v) is 2.50. The SMILES string of the molecule is O=C(O)c1cccc(-c2ccc(C=NNC(=O)c3cncc(Br)c3)o2)c1. The minimum absolute atomic E-state index is 0.170. The second kappa shape index (κ2) is 7.75. The Morgan fingerprint density at radius 2 is 2.00 bits per heavy atom. The highest BCUT2D eigenvalue weighted by Gasteiger charge is 2.08. The number of halogens is 1. The second-order valence-electron chi connectivity index (χ2n) is 5.18. The molecule has 0 fully saturated rings. The van der Waals surface area contributed by atoms with Crippen LogP contribution >= 0.6 is 15.9 Å². The summed E-state index contributed by atoms with van der Waals surface area (Å²) in [5.41, 5.74) is 3.55. The van der Waals surface area contributed by atoms with E-state index < -0.39 is 11.9 Å². The topological polar surface area (TPSA) is 105 Å². The van der Waals surface area contributed by atoms with E-state index in [1.165, 1.54) is 24.5 Å². The lowest BCUT2D eigenvalue weighted by atomic mass is 10.1. The molecular formula is C18H12BrN3O4. The molecule has 1 amide bonds. The van der Waals surface area contributed by atoms with Gasteiger partial charge in [-0.15, -0.1) is 0 Å². The summed E-state index contributed by atoms with van der Waals surface area (Å²) in [5.74, 6) is -0.508. The first-order valence-corrected chi connectivity index (χ1v) is 8.20. The molecule has 0 aliphatic carbocycles. The van der Waals surface area contributed by atoms with Gasteiger partial charge in [0.2, 0.25) is 0 Å². The first-order chi connectivity index (χ1) is 12.5. The van der Waals surface area contributed by atoms with Crippen LogP contribution in [0.5, 0.6) is 0 Å². The minimum Gasteiger partial charge on any atom is -0.478 e. The largest absolute Gasteiger partial charge is 0.478 e. The maximum atomic E-state index is 11.9. The maximum Gasteiger partial charge on any atom is 0.335 e. The summed E-state index contributed by atoms with van der Waals surface area (Å²) >= 11 is 3.24. The Hall–Kier alpha value is -3.26. The molecule has 0 saturated carbocycles. The lowest BCUT2D eigenvalue weighted by Crippen LogP contribution is -2.17. The van der Waals surface area contributed by atoms with Gasteiger partial charge in [-0.2, -0.15) is 5.10 Å². The number of amides is 1. The van der Waals surface area contributed by atoms with E-state index in [-0.39, 0.29) is 5.56 Å². The van der Waals surface area contributed by atoms with E-state index in [0.717, 1.165) is 0 Å². The van der Waals surface area contributed by atoms with Gasteiger partial charge in [0.05, 0.1) is 17.3 Å². The van der Waals surface area contributed by atoms with Crippen molar-refractivity contribution in [2.45, 2.75) is 0 Å². The standard InChI is InChI=1S/C18H12BrN3O4/c19-14-7-13(8-20-9-14)17(23)22-21-10-15-4-5-16(26-15)11-2-1-3-12(6-11)18(24)25/h1-10H,(H,22,23)(H,24,25). The molecule has 0 bridgehead atoms. The highest BCUT2D eigenvalue weighted by atomic mass is 79.9. The van der Waals surface area contributed by atoms with Crippen LogP contribution in [0, 0.1) is 0 Å². The van der Waals surface area contributed by atoms with Gasteiger partial charge in [0.1, 0.15) is 11.5 Å². The molecule has 0 saturated heterocycles. The van der Waals surface area contributed by atoms with Crippen LogP contribution in [0.4, 0.5) is 0 Å². The first-order valence-electron chi connectivity index (χ1n) is 7.40. The zero-order valence-electron chi connectivity index (χ0n) is 13.2. The predicted molar refractivity (Wildman–Crippen MR) is 98.1 cm³/mol. The van der Waals surface area contributed by atoms with Crippen LogP contribution in [0.15, 0.2) is 68.8 Å². The van der Waals surface area contributed by atoms with Gasteiger partial charge in [-0.25, -0.2) is 10.2 Å². The van der Waals surface area contributed by atoms with Crippen LogP contribution in [0.2, 0.25) is 0 Å². The zero-order chi connectivity index (χ0) is 18.5. The number of carbonyl (C=O) groups is 2. The smallest absolute Gasteiger partial charge is 0.335 e. The van der Waals surface area contributed by atoms with Crippen molar-refractivity contribution in [2.75, 3.05) is 0 Å². The number of carbonyl (C=O) groups excluding carboxylic acids is 1. The van der Waals surface area contributed by atoms with Crippen LogP contribution in [-0.4, -0.2) is 28.2 Å². The van der Waals surface area contributed by atoms with Crippen molar-refractivity contribution < 1.29 is 19.1 Å². The van der Waals surface area contributed by atoms with E-state index in [1.807, 2.05) is 0 Å². The summed E-state index contributed by atoms with van der Waals surface area (Å²) in [7, 11) is 0. The van der Waals surface area contributed by atoms with Crippen molar-refractivity contribution in [3.8, 4) is 11.3 Å². The van der Waals surface area contributed by atoms with Gasteiger partial charge in [-0.3, -0.25) is 9.78 Å². The summed E-state index contributed by atoms with van der Waals surface area (Å²) in [6, 6.07) is 11.4. The van der Waals surface area contributed by atoms with Crippen molar-refractivity contribution in [2.24, 2.45) is 5.10 Å². The Balaban J connectivity index is 1.68. The molecule has 0 spiro atoms. The fraction of sp³-hybridized carbons (Fsp3) is 0. The predicted octanol–water partition coefficient (Wildman–Crippen LogP) is 3.57. The number of aromatic nitrogens is 1. The molecule has 3 aromatic rings. The highest BCUT2D eigenvalue weighted by Crippen LogP contribution is 2.22. The summed E-state index contributed by atoms with van der Waals surface area (Å²) in [4.78, 5) is 26.9. The molecule has 0 radical (unpaired) electrons. The molecule has 1 aromatic carbocycles. The molecular weight excluding hydrogens is 402 g/mol. The summed E-state index contributed by atoms with van der Waals surface area (Å²) < 4.78 is 6.29. The number of carboxylic acids is 1. The number of nitrogens with zero attached hydrogens (tertiary/aromatic N) is 2. The van der Waals surface area contributed by atoms with Gasteiger partial charge in [-0.05, 0) is 46.3 Å². The van der Waals surface area contributed by atoms with Crippen molar-refractivity contribution in [3.05, 3.63) is 76.2 Å². The average molecular weight is 414 g/mol. The number of hydrazone groups is 1. The van der Waals surface area contributed by atoms with Crippen LogP contribution in [0.3, 0.4) is 0 Å². The molecule has 130 valence electrons. The third-order valence-electron chi connectivity index (χ3n) is 3.35. The van der Waals surface area contributed by atoms with E-state index in [9.17, 15) is 9.59 Å². The third-order valence-corrected chi connectivity index (χ3v) is 3.78. The number of hydrogen-bond acceptors (Lipinski definition) is 5. The van der Waals surface area contributed by atoms with E-state index in [2.05, 4.69) is 31.4 Å². The quantitative estimate of drug-likeness (QED) is 0.491. The van der Waals surface area contributed by atoms with Crippen molar-refractivity contribution in [1.82, 2.24) is 10.4 Å². The molecule has 3 rings (SSSR count). The molecule has 26 heavy (non-hydrogen) atoms. The monoisotopic (exact) mass is 413 g/mol. The van der Waals surface area contributed by atoms with Gasteiger partial charge in [-0.1, -0.05) is 12.1 Å². The van der Waals surface area contributed by atoms with E-state index in [1.54, 1.807) is 36.5 Å². The van der Waals surface area contributed by atoms with E-state index in [4.69, 9.17) is 9.52 Å². The Labute approximate surface area is 156 Å². The number of benzene rings is 1. The number of rotatable bonds is 5. The first kappa shape index (κ1) is 17.6. The lowest BCUT2D eigenvalue weighted by molar-refractivity contribution is 0.0696. The maximum absolute atomic E-state index is 11.9. The Morgan fingerprint density at radius 1 is 1.15 bits per heavy atom. The summed E-state index contributed by atoms with van der Waals surface area (Å²) in [6.45, 7) is 0. The van der Waals surface area contributed by atoms with Crippen LogP contribution in [0.25, 0.3) is 11.3 Å². The van der Waals surface area contributed by atoms with Crippen molar-refractivity contribution in [1.29, 1.82) is 0 Å². The summed E-state index contributed by atoms with van der Waals surface area (Å²) in [6.07, 6.45) is 4.35. The Bertz CT molecular complexity index is 997. The fourth-order valence-electron chi connectivity index (χ4n) is 2.14. The average Bonchev–Trinajstić information content (AvgIpc) is 3.10. The number of aromatic carboxylic acids is 1. The number of furan rings is 1. The molecule has 0 aliphatic rings. The number of nitrogens with one attached hydrogen (secondary N) is 1. The van der Waals surface area contributed by atoms with Gasteiger partial charge < -0.3 is 9.52 Å². The number of pyridine rings is 1. The molecule has 7 nitrogen and oxygen atoms in total. The molecule has 0 unspecified atom stereocenters. The number of hydrogen-bond donors (Lipinski definition) is 2. The highest BCUT2D eigenvalue weighted by molar-refractivity contribution is 9.10. The molecule has 0 aliphatic heterocycles. The second-order valence-corrected chi connectivity index (χ2v) is 6.09. The van der Waals surface area contributed by atoms with Crippen LogP contribution in [-0.2, 0) is 0 Å². The molecule has 8 heteroatoms. The van der Waals surface area contributed by atoms with E-state index in [0.29, 0.717) is 27.1 Å². The molecule has 0 atom stereocenters. The van der Waals surface area contributed by atoms with Gasteiger partial charge in [0.25, 0.3) is 5.91 Å².